The van der Waals surface area contributed by atoms with Crippen LogP contribution < -0.4 is 5.73 Å². The fraction of sp³-hybridized carbons (Fsp3) is 0.562. The Hall–Kier alpha value is -1.39. The van der Waals surface area contributed by atoms with Crippen molar-refractivity contribution in [1.29, 1.82) is 0 Å². The maximum Gasteiger partial charge on any atom is 0.222 e. The third-order valence-corrected chi connectivity index (χ3v) is 3.42. The molecule has 1 aromatic carbocycles. The maximum atomic E-state index is 12.0. The van der Waals surface area contributed by atoms with Crippen LogP contribution in [0.15, 0.2) is 30.3 Å². The van der Waals surface area contributed by atoms with E-state index >= 15 is 0 Å². The third-order valence-electron chi connectivity index (χ3n) is 3.42. The molecule has 0 spiro atoms. The zero-order valence-electron chi connectivity index (χ0n) is 12.9. The van der Waals surface area contributed by atoms with Crippen molar-refractivity contribution in [2.75, 3.05) is 34.2 Å². The highest BCUT2D eigenvalue weighted by atomic mass is 16.2. The van der Waals surface area contributed by atoms with Gasteiger partial charge in [-0.25, -0.2) is 0 Å². The summed E-state index contributed by atoms with van der Waals surface area (Å²) in [6.45, 7) is 1.80. The number of hydrogen-bond acceptors (Lipinski definition) is 3. The van der Waals surface area contributed by atoms with Crippen LogP contribution in [0.4, 0.5) is 0 Å². The van der Waals surface area contributed by atoms with Gasteiger partial charge >= 0.3 is 0 Å². The van der Waals surface area contributed by atoms with E-state index in [4.69, 9.17) is 5.73 Å². The van der Waals surface area contributed by atoms with Gasteiger partial charge < -0.3 is 15.5 Å². The highest BCUT2D eigenvalue weighted by molar-refractivity contribution is 5.75. The lowest BCUT2D eigenvalue weighted by Crippen LogP contribution is -2.30. The van der Waals surface area contributed by atoms with Crippen LogP contribution >= 0.6 is 0 Å². The third kappa shape index (κ3) is 6.17. The smallest absolute Gasteiger partial charge is 0.222 e. The summed E-state index contributed by atoms with van der Waals surface area (Å²) in [7, 11) is 5.95. The second kappa shape index (κ2) is 8.72. The Kier molecular flexibility index (Phi) is 7.26. The van der Waals surface area contributed by atoms with E-state index in [0.717, 1.165) is 25.1 Å². The van der Waals surface area contributed by atoms with Gasteiger partial charge in [0.2, 0.25) is 5.91 Å². The fourth-order valence-electron chi connectivity index (χ4n) is 2.09. The Labute approximate surface area is 122 Å². The van der Waals surface area contributed by atoms with Crippen LogP contribution in [0.5, 0.6) is 0 Å². The molecule has 1 amide bonds. The molecule has 0 aliphatic rings. The van der Waals surface area contributed by atoms with Gasteiger partial charge in [0.15, 0.2) is 0 Å². The SMILES string of the molecule is CN(C)CCCN(C)C(=O)CCC(N)c1ccccc1. The first kappa shape index (κ1) is 16.7. The van der Waals surface area contributed by atoms with Crippen LogP contribution in [0.2, 0.25) is 0 Å². The topological polar surface area (TPSA) is 49.6 Å². The molecule has 0 aliphatic carbocycles. The van der Waals surface area contributed by atoms with Crippen LogP contribution in [0.1, 0.15) is 30.9 Å². The molecule has 0 aromatic heterocycles. The number of carbonyl (C=O) groups excluding carboxylic acids is 1. The van der Waals surface area contributed by atoms with Crippen LogP contribution in [-0.2, 0) is 4.79 Å². The molecule has 0 saturated heterocycles. The monoisotopic (exact) mass is 277 g/mol. The van der Waals surface area contributed by atoms with Crippen molar-refractivity contribution < 1.29 is 4.79 Å². The average Bonchev–Trinajstić information content (AvgIpc) is 2.44. The van der Waals surface area contributed by atoms with E-state index < -0.39 is 0 Å². The van der Waals surface area contributed by atoms with Gasteiger partial charge in [0.05, 0.1) is 0 Å². The molecule has 0 saturated carbocycles. The first-order valence-corrected chi connectivity index (χ1v) is 7.20. The van der Waals surface area contributed by atoms with Gasteiger partial charge in [-0.05, 0) is 39.0 Å². The number of hydrogen-bond donors (Lipinski definition) is 1. The summed E-state index contributed by atoms with van der Waals surface area (Å²) in [5.74, 6) is 0.176. The van der Waals surface area contributed by atoms with Crippen molar-refractivity contribution in [2.45, 2.75) is 25.3 Å². The molecule has 0 radical (unpaired) electrons. The molecule has 0 fully saturated rings. The van der Waals surface area contributed by atoms with Crippen LogP contribution in [0.3, 0.4) is 0 Å². The maximum absolute atomic E-state index is 12.0. The standard InChI is InChI=1S/C16H27N3O/c1-18(2)12-7-13-19(3)16(20)11-10-15(17)14-8-5-4-6-9-14/h4-6,8-9,15H,7,10-13,17H2,1-3H3. The summed E-state index contributed by atoms with van der Waals surface area (Å²) in [5, 5.41) is 0. The summed E-state index contributed by atoms with van der Waals surface area (Å²) in [4.78, 5) is 15.9. The van der Waals surface area contributed by atoms with Gasteiger partial charge in [-0.1, -0.05) is 30.3 Å². The second-order valence-corrected chi connectivity index (χ2v) is 5.53. The lowest BCUT2D eigenvalue weighted by Gasteiger charge is -2.19. The van der Waals surface area contributed by atoms with Gasteiger partial charge in [-0.3, -0.25) is 4.79 Å². The zero-order chi connectivity index (χ0) is 15.0. The number of benzene rings is 1. The first-order valence-electron chi connectivity index (χ1n) is 7.20. The van der Waals surface area contributed by atoms with Crippen molar-refractivity contribution in [2.24, 2.45) is 5.73 Å². The Morgan fingerprint density at radius 1 is 1.15 bits per heavy atom. The minimum absolute atomic E-state index is 0.0599. The molecule has 4 nitrogen and oxygen atoms in total. The molecule has 4 heteroatoms. The van der Waals surface area contributed by atoms with E-state index in [1.807, 2.05) is 51.5 Å². The predicted molar refractivity (Wildman–Crippen MR) is 83.4 cm³/mol. The molecule has 1 rings (SSSR count). The highest BCUT2D eigenvalue weighted by Crippen LogP contribution is 2.15. The Bertz CT molecular complexity index is 392. The first-order chi connectivity index (χ1) is 9.50. The summed E-state index contributed by atoms with van der Waals surface area (Å²) in [6, 6.07) is 9.89. The van der Waals surface area contributed by atoms with E-state index in [9.17, 15) is 4.79 Å². The molecule has 20 heavy (non-hydrogen) atoms. The average molecular weight is 277 g/mol. The Morgan fingerprint density at radius 2 is 1.80 bits per heavy atom. The van der Waals surface area contributed by atoms with Gasteiger partial charge in [-0.15, -0.1) is 0 Å². The summed E-state index contributed by atoms with van der Waals surface area (Å²) >= 11 is 0. The number of nitrogens with two attached hydrogens (primary N) is 1. The molecule has 0 bridgehead atoms. The predicted octanol–water partition coefficient (Wildman–Crippen LogP) is 1.88. The van der Waals surface area contributed by atoms with Crippen LogP contribution in [0, 0.1) is 0 Å². The quantitative estimate of drug-likeness (QED) is 0.789. The Morgan fingerprint density at radius 3 is 2.40 bits per heavy atom. The van der Waals surface area contributed by atoms with E-state index in [1.54, 1.807) is 4.90 Å². The molecule has 112 valence electrons. The van der Waals surface area contributed by atoms with Crippen molar-refractivity contribution >= 4 is 5.91 Å². The second-order valence-electron chi connectivity index (χ2n) is 5.53. The van der Waals surface area contributed by atoms with Gasteiger partial charge in [0.1, 0.15) is 0 Å². The van der Waals surface area contributed by atoms with Crippen molar-refractivity contribution in [1.82, 2.24) is 9.80 Å². The zero-order valence-corrected chi connectivity index (χ0v) is 12.9. The fourth-order valence-corrected chi connectivity index (χ4v) is 2.09. The van der Waals surface area contributed by atoms with Crippen molar-refractivity contribution in [3.05, 3.63) is 35.9 Å². The van der Waals surface area contributed by atoms with Crippen molar-refractivity contribution in [3.63, 3.8) is 0 Å². The molecule has 1 unspecified atom stereocenters. The number of carbonyl (C=O) groups is 1. The summed E-state index contributed by atoms with van der Waals surface area (Å²) in [5.41, 5.74) is 7.20. The van der Waals surface area contributed by atoms with Crippen LogP contribution in [-0.4, -0.2) is 49.9 Å². The molecule has 0 aliphatic heterocycles. The molecular formula is C16H27N3O. The lowest BCUT2D eigenvalue weighted by atomic mass is 10.0. The molecule has 0 heterocycles. The normalized spacial score (nSPS) is 12.4. The minimum Gasteiger partial charge on any atom is -0.346 e. The van der Waals surface area contributed by atoms with Crippen molar-refractivity contribution in [3.8, 4) is 0 Å². The summed E-state index contributed by atoms with van der Waals surface area (Å²) < 4.78 is 0. The van der Waals surface area contributed by atoms with Crippen LogP contribution in [0.25, 0.3) is 0 Å². The minimum atomic E-state index is -0.0599. The summed E-state index contributed by atoms with van der Waals surface area (Å²) in [6.07, 6.45) is 2.20. The van der Waals surface area contributed by atoms with E-state index in [0.29, 0.717) is 12.8 Å². The number of rotatable bonds is 8. The molecule has 2 N–H and O–H groups in total. The number of nitrogens with zero attached hydrogens (tertiary/aromatic N) is 2. The molecule has 1 aromatic rings. The van der Waals surface area contributed by atoms with Gasteiger partial charge in [0.25, 0.3) is 0 Å². The Balaban J connectivity index is 2.28. The number of amides is 1. The van der Waals surface area contributed by atoms with Gasteiger partial charge in [-0.2, -0.15) is 0 Å². The van der Waals surface area contributed by atoms with E-state index in [-0.39, 0.29) is 11.9 Å². The van der Waals surface area contributed by atoms with Gasteiger partial charge in [0, 0.05) is 26.1 Å². The highest BCUT2D eigenvalue weighted by Gasteiger charge is 2.12. The lowest BCUT2D eigenvalue weighted by molar-refractivity contribution is -0.130. The largest absolute Gasteiger partial charge is 0.346 e. The molecular weight excluding hydrogens is 250 g/mol. The van der Waals surface area contributed by atoms with E-state index in [2.05, 4.69) is 4.90 Å². The van der Waals surface area contributed by atoms with E-state index in [1.165, 1.54) is 0 Å². The molecule has 1 atom stereocenters.